The third-order valence-corrected chi connectivity index (χ3v) is 4.26. The highest BCUT2D eigenvalue weighted by Crippen LogP contribution is 2.26. The third kappa shape index (κ3) is 5.35. The highest BCUT2D eigenvalue weighted by atomic mass is 79.9. The van der Waals surface area contributed by atoms with Crippen molar-refractivity contribution in [2.24, 2.45) is 0 Å². The number of carbonyl (C=O) groups is 2. The van der Waals surface area contributed by atoms with Crippen LogP contribution in [0.1, 0.15) is 30.5 Å². The van der Waals surface area contributed by atoms with Gasteiger partial charge in [-0.05, 0) is 30.7 Å². The van der Waals surface area contributed by atoms with Gasteiger partial charge >= 0.3 is 0 Å². The summed E-state index contributed by atoms with van der Waals surface area (Å²) in [7, 11) is 0. The Balaban J connectivity index is 2.12. The van der Waals surface area contributed by atoms with Gasteiger partial charge in [-0.2, -0.15) is 0 Å². The molecule has 2 aromatic rings. The molecule has 2 N–H and O–H groups in total. The third-order valence-electron chi connectivity index (χ3n) is 3.45. The van der Waals surface area contributed by atoms with Crippen LogP contribution in [0.5, 0.6) is 0 Å². The molecule has 0 radical (unpaired) electrons. The van der Waals surface area contributed by atoms with Crippen LogP contribution in [0.4, 0.5) is 5.69 Å². The van der Waals surface area contributed by atoms with Crippen molar-refractivity contribution in [2.75, 3.05) is 5.32 Å². The Bertz CT molecular complexity index is 747. The topological polar surface area (TPSA) is 58.2 Å². The van der Waals surface area contributed by atoms with E-state index in [9.17, 15) is 9.59 Å². The van der Waals surface area contributed by atoms with Crippen molar-refractivity contribution >= 4 is 45.0 Å². The fourth-order valence-corrected chi connectivity index (χ4v) is 2.99. The Morgan fingerprint density at radius 3 is 2.42 bits per heavy atom. The number of hydrogen-bond donors (Lipinski definition) is 2. The first-order valence-corrected chi connectivity index (χ1v) is 8.61. The van der Waals surface area contributed by atoms with E-state index in [4.69, 9.17) is 11.6 Å². The van der Waals surface area contributed by atoms with Gasteiger partial charge in [0.15, 0.2) is 0 Å². The van der Waals surface area contributed by atoms with E-state index >= 15 is 0 Å². The molecule has 126 valence electrons. The summed E-state index contributed by atoms with van der Waals surface area (Å²) in [5.41, 5.74) is 2.54. The van der Waals surface area contributed by atoms with E-state index in [1.54, 1.807) is 18.2 Å². The predicted octanol–water partition coefficient (Wildman–Crippen LogP) is 4.62. The zero-order valence-electron chi connectivity index (χ0n) is 13.4. The summed E-state index contributed by atoms with van der Waals surface area (Å²) in [6.45, 7) is 3.42. The smallest absolute Gasteiger partial charge is 0.226 e. The summed E-state index contributed by atoms with van der Waals surface area (Å²) in [5, 5.41) is 6.04. The number of aryl methyl sites for hydroxylation is 1. The molecular formula is C18H18BrClN2O2. The van der Waals surface area contributed by atoms with E-state index in [0.717, 1.165) is 15.6 Å². The molecule has 0 fully saturated rings. The van der Waals surface area contributed by atoms with Gasteiger partial charge in [-0.3, -0.25) is 9.59 Å². The number of hydrogen-bond acceptors (Lipinski definition) is 2. The van der Waals surface area contributed by atoms with Gasteiger partial charge in [0, 0.05) is 11.4 Å². The van der Waals surface area contributed by atoms with E-state index in [1.807, 2.05) is 31.2 Å². The summed E-state index contributed by atoms with van der Waals surface area (Å²) in [6.07, 6.45) is 0.120. The number of rotatable bonds is 5. The molecule has 1 atom stereocenters. The second kappa shape index (κ2) is 8.31. The largest absolute Gasteiger partial charge is 0.349 e. The van der Waals surface area contributed by atoms with E-state index in [2.05, 4.69) is 26.6 Å². The standard InChI is InChI=1S/C18H18BrClN2O2/c1-11-3-5-13(6-4-11)17(21-12(2)23)10-18(24)22-16-8-7-14(19)9-15(16)20/h3-9,17H,10H2,1-2H3,(H,21,23)(H,22,24). The normalized spacial score (nSPS) is 11.7. The number of carbonyl (C=O) groups excluding carboxylic acids is 2. The Hall–Kier alpha value is -1.85. The monoisotopic (exact) mass is 408 g/mol. The van der Waals surface area contributed by atoms with Crippen LogP contribution < -0.4 is 10.6 Å². The first-order valence-electron chi connectivity index (χ1n) is 7.43. The second-order valence-electron chi connectivity index (χ2n) is 5.54. The highest BCUT2D eigenvalue weighted by molar-refractivity contribution is 9.10. The van der Waals surface area contributed by atoms with Crippen LogP contribution in [0, 0.1) is 6.92 Å². The van der Waals surface area contributed by atoms with E-state index in [0.29, 0.717) is 10.7 Å². The van der Waals surface area contributed by atoms with Crippen molar-refractivity contribution in [2.45, 2.75) is 26.3 Å². The molecule has 0 saturated heterocycles. The molecule has 4 nitrogen and oxygen atoms in total. The van der Waals surface area contributed by atoms with Gasteiger partial charge in [-0.25, -0.2) is 0 Å². The molecule has 24 heavy (non-hydrogen) atoms. The molecule has 0 aromatic heterocycles. The van der Waals surface area contributed by atoms with Crippen LogP contribution in [0.3, 0.4) is 0 Å². The van der Waals surface area contributed by atoms with Crippen LogP contribution >= 0.6 is 27.5 Å². The number of nitrogens with one attached hydrogen (secondary N) is 2. The predicted molar refractivity (Wildman–Crippen MR) is 100 cm³/mol. The minimum atomic E-state index is -0.391. The summed E-state index contributed by atoms with van der Waals surface area (Å²) < 4.78 is 0.835. The lowest BCUT2D eigenvalue weighted by Gasteiger charge is -2.18. The van der Waals surface area contributed by atoms with Gasteiger partial charge in [0.1, 0.15) is 0 Å². The van der Waals surface area contributed by atoms with Crippen molar-refractivity contribution < 1.29 is 9.59 Å². The molecule has 2 amide bonds. The summed E-state index contributed by atoms with van der Waals surface area (Å²) in [5.74, 6) is -0.409. The minimum absolute atomic E-state index is 0.120. The van der Waals surface area contributed by atoms with Gasteiger partial charge in [-0.1, -0.05) is 57.4 Å². The molecule has 2 aromatic carbocycles. The van der Waals surface area contributed by atoms with Crippen LogP contribution in [0.15, 0.2) is 46.9 Å². The van der Waals surface area contributed by atoms with E-state index in [1.165, 1.54) is 6.92 Å². The number of anilines is 1. The minimum Gasteiger partial charge on any atom is -0.349 e. The molecular weight excluding hydrogens is 392 g/mol. The highest BCUT2D eigenvalue weighted by Gasteiger charge is 2.18. The fraction of sp³-hybridized carbons (Fsp3) is 0.222. The Morgan fingerprint density at radius 2 is 1.83 bits per heavy atom. The average molecular weight is 410 g/mol. The average Bonchev–Trinajstić information content (AvgIpc) is 2.50. The quantitative estimate of drug-likeness (QED) is 0.757. The van der Waals surface area contributed by atoms with Crippen LogP contribution in [-0.4, -0.2) is 11.8 Å². The zero-order valence-corrected chi connectivity index (χ0v) is 15.7. The van der Waals surface area contributed by atoms with Crippen LogP contribution in [-0.2, 0) is 9.59 Å². The lowest BCUT2D eigenvalue weighted by molar-refractivity contribution is -0.120. The second-order valence-corrected chi connectivity index (χ2v) is 6.86. The summed E-state index contributed by atoms with van der Waals surface area (Å²) in [6, 6.07) is 12.6. The van der Waals surface area contributed by atoms with Gasteiger partial charge in [0.05, 0.1) is 23.2 Å². The van der Waals surface area contributed by atoms with Crippen molar-refractivity contribution in [3.63, 3.8) is 0 Å². The SMILES string of the molecule is CC(=O)NC(CC(=O)Nc1ccc(Br)cc1Cl)c1ccc(C)cc1. The number of halogens is 2. The molecule has 0 spiro atoms. The first-order chi connectivity index (χ1) is 11.3. The number of benzene rings is 2. The number of amides is 2. The molecule has 0 heterocycles. The fourth-order valence-electron chi connectivity index (χ4n) is 2.27. The van der Waals surface area contributed by atoms with Gasteiger partial charge in [-0.15, -0.1) is 0 Å². The van der Waals surface area contributed by atoms with Crippen LogP contribution in [0.2, 0.25) is 5.02 Å². The van der Waals surface area contributed by atoms with Gasteiger partial charge < -0.3 is 10.6 Å². The molecule has 0 bridgehead atoms. The van der Waals surface area contributed by atoms with E-state index < -0.39 is 6.04 Å². The van der Waals surface area contributed by atoms with Crippen molar-refractivity contribution in [1.29, 1.82) is 0 Å². The molecule has 0 aliphatic heterocycles. The first kappa shape index (κ1) is 18.5. The van der Waals surface area contributed by atoms with Gasteiger partial charge in [0.25, 0.3) is 0 Å². The van der Waals surface area contributed by atoms with Crippen molar-refractivity contribution in [3.8, 4) is 0 Å². The van der Waals surface area contributed by atoms with E-state index in [-0.39, 0.29) is 18.2 Å². The maximum Gasteiger partial charge on any atom is 0.226 e. The molecule has 1 unspecified atom stereocenters. The van der Waals surface area contributed by atoms with Gasteiger partial charge in [0.2, 0.25) is 11.8 Å². The maximum absolute atomic E-state index is 12.3. The van der Waals surface area contributed by atoms with Crippen molar-refractivity contribution in [3.05, 3.63) is 63.1 Å². The Morgan fingerprint density at radius 1 is 1.17 bits per heavy atom. The molecule has 0 aliphatic rings. The summed E-state index contributed by atoms with van der Waals surface area (Å²) in [4.78, 5) is 23.8. The van der Waals surface area contributed by atoms with Crippen LogP contribution in [0.25, 0.3) is 0 Å². The Labute approximate surface area is 154 Å². The zero-order chi connectivity index (χ0) is 17.7. The Kier molecular flexibility index (Phi) is 6.40. The molecule has 0 saturated carbocycles. The lowest BCUT2D eigenvalue weighted by Crippen LogP contribution is -2.29. The molecule has 6 heteroatoms. The molecule has 2 rings (SSSR count). The van der Waals surface area contributed by atoms with Crippen molar-refractivity contribution in [1.82, 2.24) is 5.32 Å². The maximum atomic E-state index is 12.3. The lowest BCUT2D eigenvalue weighted by atomic mass is 10.0. The summed E-state index contributed by atoms with van der Waals surface area (Å²) >= 11 is 9.44. The molecule has 0 aliphatic carbocycles.